The number of hydrogen-bond acceptors (Lipinski definition) is 5. The van der Waals surface area contributed by atoms with Gasteiger partial charge in [0.1, 0.15) is 11.7 Å². The van der Waals surface area contributed by atoms with E-state index in [4.69, 9.17) is 11.6 Å². The highest BCUT2D eigenvalue weighted by Gasteiger charge is 2.27. The lowest BCUT2D eigenvalue weighted by Gasteiger charge is -2.23. The molecule has 0 atom stereocenters. The molecule has 0 aliphatic carbocycles. The number of halogens is 2. The Morgan fingerprint density at radius 2 is 1.71 bits per heavy atom. The Labute approximate surface area is 210 Å². The minimum atomic E-state index is -4.00. The summed E-state index contributed by atoms with van der Waals surface area (Å²) in [5.41, 5.74) is 3.97. The van der Waals surface area contributed by atoms with Crippen molar-refractivity contribution >= 4 is 66.3 Å². The number of hydrazone groups is 1. The molecule has 4 rings (SSSR count). The van der Waals surface area contributed by atoms with Crippen LogP contribution >= 0.6 is 27.5 Å². The highest BCUT2D eigenvalue weighted by Crippen LogP contribution is 2.25. The molecular formula is C24H18BrClN4O3S. The van der Waals surface area contributed by atoms with Crippen LogP contribution in [0.5, 0.6) is 0 Å². The van der Waals surface area contributed by atoms with Gasteiger partial charge in [0.2, 0.25) is 0 Å². The molecule has 7 nitrogen and oxygen atoms in total. The zero-order valence-electron chi connectivity index (χ0n) is 17.6. The van der Waals surface area contributed by atoms with Gasteiger partial charge >= 0.3 is 0 Å². The minimum absolute atomic E-state index is 0.0724. The van der Waals surface area contributed by atoms with E-state index in [9.17, 15) is 13.2 Å². The number of fused-ring (bicyclic) bond motifs is 1. The molecule has 0 spiro atoms. The Kier molecular flexibility index (Phi) is 7.26. The Morgan fingerprint density at radius 3 is 2.44 bits per heavy atom. The van der Waals surface area contributed by atoms with Gasteiger partial charge in [-0.15, -0.1) is 0 Å². The monoisotopic (exact) mass is 556 g/mol. The van der Waals surface area contributed by atoms with E-state index >= 15 is 0 Å². The number of hydrogen-bond donors (Lipinski definition) is 1. The van der Waals surface area contributed by atoms with Crippen molar-refractivity contribution in [1.82, 2.24) is 10.4 Å². The summed E-state index contributed by atoms with van der Waals surface area (Å²) < 4.78 is 28.4. The number of anilines is 1. The Hall–Kier alpha value is -3.27. The molecule has 172 valence electrons. The van der Waals surface area contributed by atoms with Gasteiger partial charge in [-0.2, -0.15) is 5.10 Å². The topological polar surface area (TPSA) is 91.7 Å². The minimum Gasteiger partial charge on any atom is -0.271 e. The number of aromatic nitrogens is 1. The van der Waals surface area contributed by atoms with Crippen LogP contribution in [0.2, 0.25) is 5.15 Å². The summed E-state index contributed by atoms with van der Waals surface area (Å²) >= 11 is 9.55. The number of sulfonamides is 1. The second-order valence-electron chi connectivity index (χ2n) is 7.16. The lowest BCUT2D eigenvalue weighted by atomic mass is 10.2. The van der Waals surface area contributed by atoms with Crippen molar-refractivity contribution < 1.29 is 13.2 Å². The molecule has 4 aromatic rings. The number of benzene rings is 3. The molecule has 0 saturated carbocycles. The first-order chi connectivity index (χ1) is 16.3. The largest absolute Gasteiger partial charge is 0.271 e. The lowest BCUT2D eigenvalue weighted by molar-refractivity contribution is -0.119. The fourth-order valence-electron chi connectivity index (χ4n) is 3.18. The average molecular weight is 558 g/mol. The van der Waals surface area contributed by atoms with E-state index in [0.29, 0.717) is 11.3 Å². The van der Waals surface area contributed by atoms with Gasteiger partial charge < -0.3 is 0 Å². The van der Waals surface area contributed by atoms with E-state index < -0.39 is 22.5 Å². The number of nitrogens with one attached hydrogen (secondary N) is 1. The van der Waals surface area contributed by atoms with Crippen LogP contribution in [-0.2, 0) is 14.8 Å². The average Bonchev–Trinajstić information content (AvgIpc) is 2.84. The summed E-state index contributed by atoms with van der Waals surface area (Å²) in [5.74, 6) is -0.622. The Morgan fingerprint density at radius 1 is 1.03 bits per heavy atom. The smallest absolute Gasteiger partial charge is 0.264 e. The molecular weight excluding hydrogens is 540 g/mol. The summed E-state index contributed by atoms with van der Waals surface area (Å²) in [6.45, 7) is -0.472. The molecule has 0 aliphatic heterocycles. The quantitative estimate of drug-likeness (QED) is 0.197. The van der Waals surface area contributed by atoms with E-state index in [-0.39, 0.29) is 10.0 Å². The van der Waals surface area contributed by atoms with Crippen LogP contribution in [0.15, 0.2) is 99.4 Å². The third kappa shape index (κ3) is 5.44. The maximum Gasteiger partial charge on any atom is 0.264 e. The van der Waals surface area contributed by atoms with Gasteiger partial charge in [0.05, 0.1) is 22.3 Å². The number of rotatable bonds is 7. The van der Waals surface area contributed by atoms with Crippen LogP contribution in [-0.4, -0.2) is 32.1 Å². The van der Waals surface area contributed by atoms with Gasteiger partial charge in [-0.25, -0.2) is 18.8 Å². The Bertz CT molecular complexity index is 1460. The van der Waals surface area contributed by atoms with Gasteiger partial charge in [0.25, 0.3) is 15.9 Å². The van der Waals surface area contributed by atoms with Crippen LogP contribution < -0.4 is 9.73 Å². The van der Waals surface area contributed by atoms with Crippen molar-refractivity contribution in [2.24, 2.45) is 5.10 Å². The highest BCUT2D eigenvalue weighted by atomic mass is 79.9. The molecule has 34 heavy (non-hydrogen) atoms. The molecule has 3 aromatic carbocycles. The number of amides is 1. The fourth-order valence-corrected chi connectivity index (χ4v) is 5.08. The van der Waals surface area contributed by atoms with Crippen molar-refractivity contribution in [1.29, 1.82) is 0 Å². The normalized spacial score (nSPS) is 11.6. The third-order valence-corrected chi connectivity index (χ3v) is 7.45. The number of para-hydroxylation sites is 1. The van der Waals surface area contributed by atoms with Crippen LogP contribution in [0.4, 0.5) is 5.69 Å². The summed E-state index contributed by atoms with van der Waals surface area (Å²) in [6.07, 6.45) is 1.37. The number of carbonyl (C=O) groups is 1. The molecule has 0 unspecified atom stereocenters. The van der Waals surface area contributed by atoms with E-state index in [1.54, 1.807) is 48.5 Å². The molecule has 0 radical (unpaired) electrons. The predicted octanol–water partition coefficient (Wildman–Crippen LogP) is 5.00. The molecule has 1 heterocycles. The zero-order chi connectivity index (χ0) is 24.1. The summed E-state index contributed by atoms with van der Waals surface area (Å²) in [6, 6.07) is 23.8. The molecule has 0 fully saturated rings. The second kappa shape index (κ2) is 10.3. The van der Waals surface area contributed by atoms with Gasteiger partial charge in [0.15, 0.2) is 0 Å². The number of nitrogens with zero attached hydrogens (tertiary/aromatic N) is 3. The van der Waals surface area contributed by atoms with Crippen LogP contribution in [0, 0.1) is 0 Å². The summed E-state index contributed by atoms with van der Waals surface area (Å²) in [5, 5.41) is 5.05. The Balaban J connectivity index is 1.55. The van der Waals surface area contributed by atoms with Crippen molar-refractivity contribution in [3.05, 3.63) is 100 Å². The van der Waals surface area contributed by atoms with Crippen LogP contribution in [0.1, 0.15) is 5.56 Å². The van der Waals surface area contributed by atoms with Crippen LogP contribution in [0.25, 0.3) is 10.9 Å². The molecule has 0 bridgehead atoms. The summed E-state index contributed by atoms with van der Waals surface area (Å²) in [4.78, 5) is 17.0. The molecule has 1 aromatic heterocycles. The highest BCUT2D eigenvalue weighted by molar-refractivity contribution is 9.10. The molecule has 1 N–H and O–H groups in total. The van der Waals surface area contributed by atoms with Gasteiger partial charge in [-0.1, -0.05) is 63.9 Å². The SMILES string of the molecule is O=C(CN(c1ccc(Br)cc1)S(=O)(=O)c1ccccc1)N/N=C\c1cc2ccccc2nc1Cl. The van der Waals surface area contributed by atoms with E-state index in [0.717, 1.165) is 19.7 Å². The standard InChI is InChI=1S/C24H18BrClN4O3S/c25-19-10-12-20(13-11-19)30(34(32,33)21-7-2-1-3-8-21)16-23(31)29-27-15-18-14-17-6-4-5-9-22(17)28-24(18)26/h1-15H,16H2,(H,29,31)/b27-15-. The molecule has 0 saturated heterocycles. The number of pyridine rings is 1. The first-order valence-corrected chi connectivity index (χ1v) is 12.7. The van der Waals surface area contributed by atoms with Gasteiger partial charge in [0, 0.05) is 15.4 Å². The van der Waals surface area contributed by atoms with Crippen LogP contribution in [0.3, 0.4) is 0 Å². The zero-order valence-corrected chi connectivity index (χ0v) is 20.8. The van der Waals surface area contributed by atoms with Crippen molar-refractivity contribution in [3.8, 4) is 0 Å². The third-order valence-electron chi connectivity index (χ3n) is 4.83. The molecule has 1 amide bonds. The van der Waals surface area contributed by atoms with E-state index in [1.165, 1.54) is 18.3 Å². The maximum absolute atomic E-state index is 13.3. The first kappa shape index (κ1) is 23.9. The second-order valence-corrected chi connectivity index (χ2v) is 10.3. The van der Waals surface area contributed by atoms with Crippen molar-refractivity contribution in [2.75, 3.05) is 10.8 Å². The van der Waals surface area contributed by atoms with Crippen molar-refractivity contribution in [3.63, 3.8) is 0 Å². The first-order valence-electron chi connectivity index (χ1n) is 10.0. The fraction of sp³-hybridized carbons (Fsp3) is 0.0417. The maximum atomic E-state index is 13.3. The van der Waals surface area contributed by atoms with E-state index in [2.05, 4.69) is 31.4 Å². The van der Waals surface area contributed by atoms with Crippen molar-refractivity contribution in [2.45, 2.75) is 4.90 Å². The van der Waals surface area contributed by atoms with E-state index in [1.807, 2.05) is 24.3 Å². The number of carbonyl (C=O) groups excluding carboxylic acids is 1. The lowest BCUT2D eigenvalue weighted by Crippen LogP contribution is -2.39. The molecule has 10 heteroatoms. The van der Waals surface area contributed by atoms with Gasteiger partial charge in [-0.05, 0) is 48.5 Å². The molecule has 0 aliphatic rings. The van der Waals surface area contributed by atoms with Gasteiger partial charge in [-0.3, -0.25) is 9.10 Å². The summed E-state index contributed by atoms with van der Waals surface area (Å²) in [7, 11) is -4.00. The predicted molar refractivity (Wildman–Crippen MR) is 138 cm³/mol.